The molecule has 0 radical (unpaired) electrons. The molecular formula is C21H24N4O2. The van der Waals surface area contributed by atoms with Crippen LogP contribution in [0.3, 0.4) is 0 Å². The Hall–Kier alpha value is -3.15. The fourth-order valence-electron chi connectivity index (χ4n) is 2.81. The lowest BCUT2D eigenvalue weighted by molar-refractivity contribution is -0.134. The van der Waals surface area contributed by atoms with Crippen LogP contribution in [-0.4, -0.2) is 39.2 Å². The molecule has 1 aromatic heterocycles. The lowest BCUT2D eigenvalue weighted by Crippen LogP contribution is -2.33. The van der Waals surface area contributed by atoms with Crippen molar-refractivity contribution in [3.8, 4) is 11.4 Å². The third-order valence-corrected chi connectivity index (χ3v) is 4.94. The zero-order chi connectivity index (χ0) is 19.4. The van der Waals surface area contributed by atoms with E-state index in [0.717, 1.165) is 28.1 Å². The van der Waals surface area contributed by atoms with Crippen LogP contribution in [0.25, 0.3) is 5.69 Å². The number of nitrogens with zero attached hydrogens (tertiary/aromatic N) is 4. The highest BCUT2D eigenvalue weighted by Gasteiger charge is 2.18. The van der Waals surface area contributed by atoms with E-state index >= 15 is 0 Å². The molecule has 1 atom stereocenters. The van der Waals surface area contributed by atoms with Gasteiger partial charge in [-0.3, -0.25) is 4.79 Å². The summed E-state index contributed by atoms with van der Waals surface area (Å²) in [6.45, 7) is 6.04. The summed E-state index contributed by atoms with van der Waals surface area (Å²) in [7, 11) is 1.80. The Bertz CT molecular complexity index is 904. The highest BCUT2D eigenvalue weighted by molar-refractivity contribution is 5.78. The fraction of sp³-hybridized carbons (Fsp3) is 0.286. The van der Waals surface area contributed by atoms with Crippen LogP contribution in [0, 0.1) is 13.8 Å². The van der Waals surface area contributed by atoms with Gasteiger partial charge in [0.2, 0.25) is 0 Å². The minimum Gasteiger partial charge on any atom is -0.483 e. The summed E-state index contributed by atoms with van der Waals surface area (Å²) < 4.78 is 7.44. The van der Waals surface area contributed by atoms with Crippen LogP contribution in [0.15, 0.2) is 55.1 Å². The molecule has 0 aliphatic carbocycles. The van der Waals surface area contributed by atoms with E-state index in [2.05, 4.69) is 10.1 Å². The third-order valence-electron chi connectivity index (χ3n) is 4.94. The van der Waals surface area contributed by atoms with Crippen LogP contribution in [0.1, 0.15) is 29.7 Å². The van der Waals surface area contributed by atoms with Crippen LogP contribution >= 0.6 is 0 Å². The zero-order valence-corrected chi connectivity index (χ0v) is 16.1. The van der Waals surface area contributed by atoms with Crippen molar-refractivity contribution in [2.24, 2.45) is 0 Å². The largest absolute Gasteiger partial charge is 0.483 e. The Morgan fingerprint density at radius 2 is 1.93 bits per heavy atom. The molecule has 6 heteroatoms. The molecular weight excluding hydrogens is 340 g/mol. The third kappa shape index (κ3) is 4.16. The number of hydrogen-bond donors (Lipinski definition) is 0. The molecule has 6 nitrogen and oxygen atoms in total. The van der Waals surface area contributed by atoms with Gasteiger partial charge in [-0.2, -0.15) is 5.10 Å². The summed E-state index contributed by atoms with van der Waals surface area (Å²) in [6, 6.07) is 13.7. The van der Waals surface area contributed by atoms with Crippen molar-refractivity contribution in [1.82, 2.24) is 19.7 Å². The highest BCUT2D eigenvalue weighted by atomic mass is 16.5. The molecule has 1 amide bonds. The Morgan fingerprint density at radius 3 is 2.59 bits per heavy atom. The molecule has 140 valence electrons. The number of carbonyl (C=O) groups is 1. The van der Waals surface area contributed by atoms with Crippen molar-refractivity contribution >= 4 is 5.91 Å². The number of hydrogen-bond acceptors (Lipinski definition) is 4. The molecule has 27 heavy (non-hydrogen) atoms. The van der Waals surface area contributed by atoms with Crippen LogP contribution < -0.4 is 4.74 Å². The first-order valence-corrected chi connectivity index (χ1v) is 8.87. The fourth-order valence-corrected chi connectivity index (χ4v) is 2.81. The van der Waals surface area contributed by atoms with Crippen molar-refractivity contribution in [2.45, 2.75) is 26.8 Å². The van der Waals surface area contributed by atoms with Crippen molar-refractivity contribution in [3.63, 3.8) is 0 Å². The number of benzene rings is 2. The number of aromatic nitrogens is 3. The van der Waals surface area contributed by atoms with E-state index in [0.29, 0.717) is 0 Å². The highest BCUT2D eigenvalue weighted by Crippen LogP contribution is 2.22. The molecule has 0 aliphatic heterocycles. The number of amides is 1. The monoisotopic (exact) mass is 364 g/mol. The van der Waals surface area contributed by atoms with Gasteiger partial charge in [-0.1, -0.05) is 24.3 Å². The number of aryl methyl sites for hydroxylation is 1. The topological polar surface area (TPSA) is 60.2 Å². The lowest BCUT2D eigenvalue weighted by Gasteiger charge is -2.25. The van der Waals surface area contributed by atoms with Gasteiger partial charge in [-0.05, 0) is 55.7 Å². The van der Waals surface area contributed by atoms with Crippen molar-refractivity contribution < 1.29 is 9.53 Å². The average Bonchev–Trinajstić information content (AvgIpc) is 3.22. The van der Waals surface area contributed by atoms with Gasteiger partial charge in [-0.15, -0.1) is 0 Å². The molecule has 0 N–H and O–H groups in total. The van der Waals surface area contributed by atoms with Crippen LogP contribution in [-0.2, 0) is 4.79 Å². The number of carbonyl (C=O) groups excluding carboxylic acids is 1. The Balaban J connectivity index is 1.63. The minimum absolute atomic E-state index is 0.0160. The van der Waals surface area contributed by atoms with Crippen molar-refractivity contribution in [1.29, 1.82) is 0 Å². The second-order valence-corrected chi connectivity index (χ2v) is 6.60. The van der Waals surface area contributed by atoms with Gasteiger partial charge in [0.05, 0.1) is 11.7 Å². The quantitative estimate of drug-likeness (QED) is 0.672. The van der Waals surface area contributed by atoms with Crippen molar-refractivity contribution in [3.05, 3.63) is 71.8 Å². The molecule has 0 spiro atoms. The summed E-state index contributed by atoms with van der Waals surface area (Å²) in [5, 5.41) is 4.12. The van der Waals surface area contributed by atoms with Crippen molar-refractivity contribution in [2.75, 3.05) is 13.7 Å². The molecule has 2 aromatic carbocycles. The SMILES string of the molecule is Cc1cccc(OCC(=O)N(C)[C@H](C)c2ccc(-n3cncn3)cc2)c1C. The van der Waals surface area contributed by atoms with Gasteiger partial charge in [0.1, 0.15) is 18.4 Å². The summed E-state index contributed by atoms with van der Waals surface area (Å²) in [5.41, 5.74) is 4.18. The summed E-state index contributed by atoms with van der Waals surface area (Å²) in [4.78, 5) is 18.2. The van der Waals surface area contributed by atoms with Crippen LogP contribution in [0.5, 0.6) is 5.75 Å². The maximum Gasteiger partial charge on any atom is 0.260 e. The molecule has 0 aliphatic rings. The summed E-state index contributed by atoms with van der Waals surface area (Å²) >= 11 is 0. The van der Waals surface area contributed by atoms with Gasteiger partial charge >= 0.3 is 0 Å². The van der Waals surface area contributed by atoms with E-state index in [1.807, 2.05) is 63.2 Å². The molecule has 1 heterocycles. The zero-order valence-electron chi connectivity index (χ0n) is 16.1. The first kappa shape index (κ1) is 18.6. The van der Waals surface area contributed by atoms with E-state index in [1.165, 1.54) is 6.33 Å². The second kappa shape index (κ2) is 8.03. The molecule has 0 bridgehead atoms. The van der Waals surface area contributed by atoms with E-state index in [-0.39, 0.29) is 18.6 Å². The average molecular weight is 364 g/mol. The Morgan fingerprint density at radius 1 is 1.19 bits per heavy atom. The Labute approximate surface area is 159 Å². The van der Waals surface area contributed by atoms with Gasteiger partial charge in [-0.25, -0.2) is 9.67 Å². The molecule has 0 saturated carbocycles. The molecule has 3 aromatic rings. The first-order chi connectivity index (χ1) is 13.0. The molecule has 0 saturated heterocycles. The summed E-state index contributed by atoms with van der Waals surface area (Å²) in [6.07, 6.45) is 3.15. The number of rotatable bonds is 6. The first-order valence-electron chi connectivity index (χ1n) is 8.87. The lowest BCUT2D eigenvalue weighted by atomic mass is 10.1. The standard InChI is InChI=1S/C21H24N4O2/c1-15-6-5-7-20(16(15)2)27-12-21(26)24(4)17(3)18-8-10-19(11-9-18)25-14-22-13-23-25/h5-11,13-14,17H,12H2,1-4H3/t17-/m1/s1. The molecule has 0 unspecified atom stereocenters. The van der Waals surface area contributed by atoms with E-state index in [9.17, 15) is 4.79 Å². The number of likely N-dealkylation sites (N-methyl/N-ethyl adjacent to an activating group) is 1. The predicted molar refractivity (Wildman–Crippen MR) is 104 cm³/mol. The van der Waals surface area contributed by atoms with E-state index in [1.54, 1.807) is 23.0 Å². The van der Waals surface area contributed by atoms with Gasteiger partial charge in [0, 0.05) is 7.05 Å². The molecule has 0 fully saturated rings. The second-order valence-electron chi connectivity index (χ2n) is 6.60. The van der Waals surface area contributed by atoms with Gasteiger partial charge in [0.15, 0.2) is 6.61 Å². The normalized spacial score (nSPS) is 11.9. The predicted octanol–water partition coefficient (Wildman–Crippen LogP) is 3.48. The Kier molecular flexibility index (Phi) is 5.54. The smallest absolute Gasteiger partial charge is 0.260 e. The maximum atomic E-state index is 12.6. The van der Waals surface area contributed by atoms with Crippen LogP contribution in [0.4, 0.5) is 0 Å². The van der Waals surface area contributed by atoms with Crippen LogP contribution in [0.2, 0.25) is 0 Å². The van der Waals surface area contributed by atoms with E-state index in [4.69, 9.17) is 4.74 Å². The molecule has 3 rings (SSSR count). The summed E-state index contributed by atoms with van der Waals surface area (Å²) in [5.74, 6) is 0.686. The van der Waals surface area contributed by atoms with Gasteiger partial charge in [0.25, 0.3) is 5.91 Å². The van der Waals surface area contributed by atoms with Gasteiger partial charge < -0.3 is 9.64 Å². The number of ether oxygens (including phenoxy) is 1. The maximum absolute atomic E-state index is 12.6. The minimum atomic E-state index is -0.0660. The van der Waals surface area contributed by atoms with E-state index < -0.39 is 0 Å².